The lowest BCUT2D eigenvalue weighted by molar-refractivity contribution is 1.41. The van der Waals surface area contributed by atoms with Gasteiger partial charge in [0.2, 0.25) is 0 Å². The van der Waals surface area contributed by atoms with Crippen LogP contribution in [0.15, 0.2) is 146 Å². The molecule has 9 aromatic rings. The molecule has 0 atom stereocenters. The number of benzene rings is 7. The lowest BCUT2D eigenvalue weighted by Gasteiger charge is -2.20. The van der Waals surface area contributed by atoms with Crippen molar-refractivity contribution in [3.05, 3.63) is 146 Å². The van der Waals surface area contributed by atoms with E-state index in [2.05, 4.69) is 133 Å². The molecule has 7 aromatic carbocycles. The SMILES string of the molecule is c1cnc2c(-c3c4ccccc4c(-c4nc5ccccc5c5c4ccc4ccccc45)c4ccccc34)cccc2c1. The summed E-state index contributed by atoms with van der Waals surface area (Å²) in [7, 11) is 0. The Balaban J connectivity index is 1.50. The zero-order chi connectivity index (χ0) is 27.6. The highest BCUT2D eigenvalue weighted by atomic mass is 14.7. The minimum atomic E-state index is 1.01. The summed E-state index contributed by atoms with van der Waals surface area (Å²) in [6, 6.07) is 49.9. The molecule has 0 radical (unpaired) electrons. The fourth-order valence-electron chi connectivity index (χ4n) is 6.89. The molecular formula is C40H24N2. The third-order valence-electron chi connectivity index (χ3n) is 8.66. The molecule has 0 aliphatic heterocycles. The minimum absolute atomic E-state index is 1.01. The highest BCUT2D eigenvalue weighted by Gasteiger charge is 2.21. The van der Waals surface area contributed by atoms with E-state index in [4.69, 9.17) is 9.97 Å². The van der Waals surface area contributed by atoms with E-state index in [1.165, 1.54) is 59.6 Å². The fourth-order valence-corrected chi connectivity index (χ4v) is 6.89. The number of para-hydroxylation sites is 2. The Kier molecular flexibility index (Phi) is 4.93. The lowest BCUT2D eigenvalue weighted by Crippen LogP contribution is -1.95. The van der Waals surface area contributed by atoms with Gasteiger partial charge in [-0.25, -0.2) is 4.98 Å². The Morgan fingerprint density at radius 1 is 0.381 bits per heavy atom. The summed E-state index contributed by atoms with van der Waals surface area (Å²) >= 11 is 0. The van der Waals surface area contributed by atoms with Crippen molar-refractivity contribution in [1.82, 2.24) is 9.97 Å². The van der Waals surface area contributed by atoms with E-state index in [-0.39, 0.29) is 0 Å². The number of rotatable bonds is 2. The summed E-state index contributed by atoms with van der Waals surface area (Å²) in [5, 5.41) is 12.0. The summed E-state index contributed by atoms with van der Waals surface area (Å²) < 4.78 is 0. The van der Waals surface area contributed by atoms with Crippen LogP contribution in [-0.2, 0) is 0 Å². The van der Waals surface area contributed by atoms with Gasteiger partial charge in [0.1, 0.15) is 0 Å². The van der Waals surface area contributed by atoms with Crippen molar-refractivity contribution < 1.29 is 0 Å². The second kappa shape index (κ2) is 8.95. The summed E-state index contributed by atoms with van der Waals surface area (Å²) in [6.45, 7) is 0. The maximum Gasteiger partial charge on any atom is 0.0800 e. The van der Waals surface area contributed by atoms with Crippen LogP contribution >= 0.6 is 0 Å². The van der Waals surface area contributed by atoms with E-state index >= 15 is 0 Å². The van der Waals surface area contributed by atoms with Crippen LogP contribution in [-0.4, -0.2) is 9.97 Å². The molecule has 0 unspecified atom stereocenters. The van der Waals surface area contributed by atoms with Crippen LogP contribution < -0.4 is 0 Å². The maximum absolute atomic E-state index is 5.42. The first-order chi connectivity index (χ1) is 20.9. The zero-order valence-corrected chi connectivity index (χ0v) is 22.8. The van der Waals surface area contributed by atoms with Gasteiger partial charge in [0.25, 0.3) is 0 Å². The molecule has 0 bridgehead atoms. The molecule has 42 heavy (non-hydrogen) atoms. The van der Waals surface area contributed by atoms with Gasteiger partial charge >= 0.3 is 0 Å². The third kappa shape index (κ3) is 3.27. The molecule has 0 aliphatic rings. The van der Waals surface area contributed by atoms with Gasteiger partial charge in [0, 0.05) is 38.9 Å². The number of nitrogens with zero attached hydrogens (tertiary/aromatic N) is 2. The second-order valence-electron chi connectivity index (χ2n) is 10.9. The summed E-state index contributed by atoms with van der Waals surface area (Å²) in [4.78, 5) is 10.3. The van der Waals surface area contributed by atoms with E-state index < -0.39 is 0 Å². The highest BCUT2D eigenvalue weighted by molar-refractivity contribution is 6.28. The van der Waals surface area contributed by atoms with Crippen molar-refractivity contribution in [2.75, 3.05) is 0 Å². The van der Waals surface area contributed by atoms with E-state index in [1.54, 1.807) is 0 Å². The molecule has 0 saturated carbocycles. The van der Waals surface area contributed by atoms with E-state index in [0.717, 1.165) is 27.7 Å². The standard InChI is InChI=1S/C40H24N2/c1-2-14-27-25(11-1)22-23-34-36(27)32-19-7-8-21-35(32)42-40(34)38-30-17-5-3-15-28(30)37(29-16-4-6-18-31(29)38)33-20-9-12-26-13-10-24-41-39(26)33/h1-24H. The number of fused-ring (bicyclic) bond motifs is 8. The quantitative estimate of drug-likeness (QED) is 0.163. The predicted octanol–water partition coefficient (Wildman–Crippen LogP) is 10.7. The first-order valence-electron chi connectivity index (χ1n) is 14.3. The van der Waals surface area contributed by atoms with Crippen LogP contribution in [0.25, 0.3) is 87.3 Å². The van der Waals surface area contributed by atoms with Gasteiger partial charge in [0.05, 0.1) is 16.7 Å². The number of hydrogen-bond acceptors (Lipinski definition) is 2. The van der Waals surface area contributed by atoms with Crippen LogP contribution in [0.4, 0.5) is 0 Å². The van der Waals surface area contributed by atoms with Gasteiger partial charge in [-0.05, 0) is 50.0 Å². The second-order valence-corrected chi connectivity index (χ2v) is 10.9. The molecule has 2 heteroatoms. The number of pyridine rings is 2. The Hall–Kier alpha value is -5.60. The Labute approximate surface area is 242 Å². The topological polar surface area (TPSA) is 25.8 Å². The van der Waals surface area contributed by atoms with Crippen LogP contribution in [0.1, 0.15) is 0 Å². The highest BCUT2D eigenvalue weighted by Crippen LogP contribution is 2.47. The Morgan fingerprint density at radius 2 is 0.976 bits per heavy atom. The molecule has 0 aliphatic carbocycles. The van der Waals surface area contributed by atoms with Crippen LogP contribution in [0.5, 0.6) is 0 Å². The molecule has 0 fully saturated rings. The van der Waals surface area contributed by atoms with Gasteiger partial charge in [-0.2, -0.15) is 0 Å². The van der Waals surface area contributed by atoms with Crippen molar-refractivity contribution >= 4 is 64.9 Å². The van der Waals surface area contributed by atoms with Gasteiger partial charge in [0.15, 0.2) is 0 Å². The van der Waals surface area contributed by atoms with Crippen molar-refractivity contribution in [3.63, 3.8) is 0 Å². The van der Waals surface area contributed by atoms with Gasteiger partial charge in [-0.15, -0.1) is 0 Å². The number of aromatic nitrogens is 2. The van der Waals surface area contributed by atoms with Gasteiger partial charge in [-0.1, -0.05) is 127 Å². The van der Waals surface area contributed by atoms with Crippen LogP contribution in [0.2, 0.25) is 0 Å². The molecule has 2 heterocycles. The molecule has 9 rings (SSSR count). The zero-order valence-electron chi connectivity index (χ0n) is 22.8. The molecule has 0 spiro atoms. The maximum atomic E-state index is 5.42. The average molecular weight is 533 g/mol. The molecular weight excluding hydrogens is 508 g/mol. The monoisotopic (exact) mass is 532 g/mol. The Morgan fingerprint density at radius 3 is 1.74 bits per heavy atom. The Bertz CT molecular complexity index is 2450. The first kappa shape index (κ1) is 23.1. The molecule has 2 aromatic heterocycles. The van der Waals surface area contributed by atoms with E-state index in [0.29, 0.717) is 0 Å². The molecule has 2 nitrogen and oxygen atoms in total. The molecule has 0 amide bonds. The lowest BCUT2D eigenvalue weighted by atomic mass is 9.85. The summed E-state index contributed by atoms with van der Waals surface area (Å²) in [5.41, 5.74) is 6.57. The summed E-state index contributed by atoms with van der Waals surface area (Å²) in [5.74, 6) is 0. The largest absolute Gasteiger partial charge is 0.256 e. The van der Waals surface area contributed by atoms with E-state index in [1.807, 2.05) is 12.3 Å². The first-order valence-corrected chi connectivity index (χ1v) is 14.3. The van der Waals surface area contributed by atoms with Crippen molar-refractivity contribution in [2.24, 2.45) is 0 Å². The molecule has 0 N–H and O–H groups in total. The summed E-state index contributed by atoms with van der Waals surface area (Å²) in [6.07, 6.45) is 1.89. The van der Waals surface area contributed by atoms with Crippen LogP contribution in [0.3, 0.4) is 0 Å². The van der Waals surface area contributed by atoms with Crippen molar-refractivity contribution in [1.29, 1.82) is 0 Å². The number of hydrogen-bond donors (Lipinski definition) is 0. The normalized spacial score (nSPS) is 11.8. The third-order valence-corrected chi connectivity index (χ3v) is 8.66. The van der Waals surface area contributed by atoms with Crippen molar-refractivity contribution in [2.45, 2.75) is 0 Å². The van der Waals surface area contributed by atoms with E-state index in [9.17, 15) is 0 Å². The van der Waals surface area contributed by atoms with Crippen LogP contribution in [0, 0.1) is 0 Å². The average Bonchev–Trinajstić information content (AvgIpc) is 3.06. The molecule has 194 valence electrons. The fraction of sp³-hybridized carbons (Fsp3) is 0. The van der Waals surface area contributed by atoms with Crippen molar-refractivity contribution in [3.8, 4) is 22.4 Å². The smallest absolute Gasteiger partial charge is 0.0800 e. The van der Waals surface area contributed by atoms with Gasteiger partial charge in [-0.3, -0.25) is 4.98 Å². The minimum Gasteiger partial charge on any atom is -0.256 e. The van der Waals surface area contributed by atoms with Gasteiger partial charge < -0.3 is 0 Å². The molecule has 0 saturated heterocycles. The predicted molar refractivity (Wildman–Crippen MR) is 178 cm³/mol.